The van der Waals surface area contributed by atoms with Crippen LogP contribution in [0.25, 0.3) is 97.4 Å². The first-order chi connectivity index (χ1) is 30.2. The van der Waals surface area contributed by atoms with Crippen molar-refractivity contribution >= 4 is 81.3 Å². The lowest BCUT2D eigenvalue weighted by atomic mass is 9.96. The maximum absolute atomic E-state index is 6.27. The molecule has 10 aromatic carbocycles. The van der Waals surface area contributed by atoms with Crippen molar-refractivity contribution in [3.63, 3.8) is 0 Å². The summed E-state index contributed by atoms with van der Waals surface area (Å²) in [5.74, 6) is 0. The van der Waals surface area contributed by atoms with Gasteiger partial charge in [-0.15, -0.1) is 11.3 Å². The van der Waals surface area contributed by atoms with Crippen LogP contribution < -0.4 is 4.90 Å². The van der Waals surface area contributed by atoms with E-state index >= 15 is 0 Å². The Morgan fingerprint density at radius 2 is 0.852 bits per heavy atom. The number of hydrogen-bond acceptors (Lipinski definition) is 3. The predicted molar refractivity (Wildman–Crippen MR) is 261 cm³/mol. The summed E-state index contributed by atoms with van der Waals surface area (Å²) in [5, 5.41) is 7.38. The van der Waals surface area contributed by atoms with Crippen molar-refractivity contribution in [2.45, 2.75) is 0 Å². The molecule has 0 aliphatic heterocycles. The number of thiophene rings is 1. The third kappa shape index (κ3) is 6.18. The maximum atomic E-state index is 6.27. The lowest BCUT2D eigenvalue weighted by molar-refractivity contribution is 0.669. The number of nitrogens with zero attached hydrogens (tertiary/aromatic N) is 1. The minimum absolute atomic E-state index is 0.900. The van der Waals surface area contributed by atoms with Gasteiger partial charge < -0.3 is 9.32 Å². The van der Waals surface area contributed by atoms with Crippen LogP contribution in [0.5, 0.6) is 0 Å². The number of hydrogen-bond donors (Lipinski definition) is 0. The molecule has 61 heavy (non-hydrogen) atoms. The Morgan fingerprint density at radius 3 is 1.62 bits per heavy atom. The summed E-state index contributed by atoms with van der Waals surface area (Å²) in [6, 6.07) is 81.3. The molecule has 0 atom stereocenters. The van der Waals surface area contributed by atoms with E-state index in [4.69, 9.17) is 4.42 Å². The molecule has 2 aromatic heterocycles. The van der Waals surface area contributed by atoms with Crippen LogP contribution in [0.2, 0.25) is 0 Å². The smallest absolute Gasteiger partial charge is 0.136 e. The number of para-hydroxylation sites is 2. The molecule has 3 heteroatoms. The molecule has 2 heterocycles. The zero-order chi connectivity index (χ0) is 40.3. The van der Waals surface area contributed by atoms with Crippen LogP contribution >= 0.6 is 11.3 Å². The van der Waals surface area contributed by atoms with Crippen molar-refractivity contribution in [2.24, 2.45) is 0 Å². The van der Waals surface area contributed by atoms with Crippen molar-refractivity contribution in [1.29, 1.82) is 0 Å². The van der Waals surface area contributed by atoms with Crippen molar-refractivity contribution in [1.82, 2.24) is 0 Å². The molecule has 2 nitrogen and oxygen atoms in total. The molecular formula is C58H37NOS. The van der Waals surface area contributed by atoms with Gasteiger partial charge in [0.2, 0.25) is 0 Å². The summed E-state index contributed by atoms with van der Waals surface area (Å²) in [6.45, 7) is 0. The molecule has 12 aromatic rings. The summed E-state index contributed by atoms with van der Waals surface area (Å²) in [7, 11) is 0. The first-order valence-corrected chi connectivity index (χ1v) is 21.5. The highest BCUT2D eigenvalue weighted by atomic mass is 32.1. The number of anilines is 3. The molecule has 0 amide bonds. The fraction of sp³-hybridized carbons (Fsp3) is 0. The molecule has 0 N–H and O–H groups in total. The van der Waals surface area contributed by atoms with E-state index in [1.165, 1.54) is 64.3 Å². The zero-order valence-corrected chi connectivity index (χ0v) is 33.9. The SMILES string of the molecule is c1ccc(N(c2ccc(-c3ccc(-c4ccc5ccccc5c4)cc3)cc2)c2ccc(-c3ccc4c(c3)oc3ccccc34)cc2)c(-c2cccc3sc4ccccc4c23)c1. The van der Waals surface area contributed by atoms with E-state index in [1.807, 2.05) is 23.5 Å². The molecule has 0 radical (unpaired) electrons. The van der Waals surface area contributed by atoms with Gasteiger partial charge in [-0.2, -0.15) is 0 Å². The van der Waals surface area contributed by atoms with Gasteiger partial charge in [0.1, 0.15) is 11.2 Å². The summed E-state index contributed by atoms with van der Waals surface area (Å²) in [4.78, 5) is 2.40. The highest BCUT2D eigenvalue weighted by Gasteiger charge is 2.20. The van der Waals surface area contributed by atoms with Gasteiger partial charge in [-0.3, -0.25) is 0 Å². The van der Waals surface area contributed by atoms with E-state index in [9.17, 15) is 0 Å². The largest absolute Gasteiger partial charge is 0.456 e. The van der Waals surface area contributed by atoms with Crippen LogP contribution in [0.4, 0.5) is 17.1 Å². The Morgan fingerprint density at radius 1 is 0.328 bits per heavy atom. The lowest BCUT2D eigenvalue weighted by Gasteiger charge is -2.28. The second kappa shape index (κ2) is 14.5. The third-order valence-electron chi connectivity index (χ3n) is 12.1. The minimum Gasteiger partial charge on any atom is -0.456 e. The zero-order valence-electron chi connectivity index (χ0n) is 33.1. The summed E-state index contributed by atoms with van der Waals surface area (Å²) >= 11 is 1.86. The maximum Gasteiger partial charge on any atom is 0.136 e. The highest BCUT2D eigenvalue weighted by molar-refractivity contribution is 7.25. The van der Waals surface area contributed by atoms with E-state index in [2.05, 4.69) is 217 Å². The molecule has 0 saturated carbocycles. The first-order valence-electron chi connectivity index (χ1n) is 20.7. The molecule has 286 valence electrons. The molecule has 0 unspecified atom stereocenters. The van der Waals surface area contributed by atoms with Crippen LogP contribution in [0.3, 0.4) is 0 Å². The second-order valence-electron chi connectivity index (χ2n) is 15.7. The van der Waals surface area contributed by atoms with Crippen LogP contribution in [-0.2, 0) is 0 Å². The van der Waals surface area contributed by atoms with Crippen LogP contribution in [0, 0.1) is 0 Å². The first kappa shape index (κ1) is 35.2. The molecule has 0 fully saturated rings. The summed E-state index contributed by atoms with van der Waals surface area (Å²) in [6.07, 6.45) is 0. The second-order valence-corrected chi connectivity index (χ2v) is 16.8. The monoisotopic (exact) mass is 795 g/mol. The molecule has 0 aliphatic rings. The predicted octanol–water partition coefficient (Wildman–Crippen LogP) is 17.2. The van der Waals surface area contributed by atoms with Gasteiger partial charge in [0.15, 0.2) is 0 Å². The molecule has 0 saturated heterocycles. The van der Waals surface area contributed by atoms with Gasteiger partial charge in [-0.25, -0.2) is 0 Å². The van der Waals surface area contributed by atoms with E-state index in [1.54, 1.807) is 0 Å². The van der Waals surface area contributed by atoms with Crippen molar-refractivity contribution in [3.8, 4) is 44.5 Å². The third-order valence-corrected chi connectivity index (χ3v) is 13.2. The normalized spacial score (nSPS) is 11.6. The summed E-state index contributed by atoms with van der Waals surface area (Å²) < 4.78 is 8.87. The van der Waals surface area contributed by atoms with Crippen LogP contribution in [0.15, 0.2) is 229 Å². The van der Waals surface area contributed by atoms with E-state index in [0.29, 0.717) is 0 Å². The average molecular weight is 796 g/mol. The molecular weight excluding hydrogens is 759 g/mol. The number of rotatable bonds is 7. The van der Waals surface area contributed by atoms with Crippen molar-refractivity contribution < 1.29 is 4.42 Å². The Hall–Kier alpha value is -7.72. The molecule has 0 spiro atoms. The van der Waals surface area contributed by atoms with Crippen molar-refractivity contribution in [3.05, 3.63) is 224 Å². The van der Waals surface area contributed by atoms with Gasteiger partial charge in [0, 0.05) is 47.9 Å². The Balaban J connectivity index is 0.947. The fourth-order valence-corrected chi connectivity index (χ4v) is 10.2. The average Bonchev–Trinajstić information content (AvgIpc) is 3.91. The quantitative estimate of drug-likeness (QED) is 0.160. The lowest BCUT2D eigenvalue weighted by Crippen LogP contribution is -2.11. The number of benzene rings is 10. The molecule has 0 aliphatic carbocycles. The van der Waals surface area contributed by atoms with Gasteiger partial charge in [0.05, 0.1) is 5.69 Å². The number of furan rings is 1. The van der Waals surface area contributed by atoms with Crippen molar-refractivity contribution in [2.75, 3.05) is 4.90 Å². The van der Waals surface area contributed by atoms with Gasteiger partial charge >= 0.3 is 0 Å². The van der Waals surface area contributed by atoms with Gasteiger partial charge in [-0.1, -0.05) is 158 Å². The topological polar surface area (TPSA) is 16.4 Å². The van der Waals surface area contributed by atoms with E-state index in [0.717, 1.165) is 50.1 Å². The highest BCUT2D eigenvalue weighted by Crippen LogP contribution is 2.46. The molecule has 0 bridgehead atoms. The Bertz CT molecular complexity index is 3580. The summed E-state index contributed by atoms with van der Waals surface area (Å²) in [5.41, 5.74) is 14.6. The molecule has 12 rings (SSSR count). The minimum atomic E-state index is 0.900. The van der Waals surface area contributed by atoms with E-state index in [-0.39, 0.29) is 0 Å². The Labute approximate surface area is 357 Å². The van der Waals surface area contributed by atoms with Crippen LogP contribution in [0.1, 0.15) is 0 Å². The van der Waals surface area contributed by atoms with Crippen LogP contribution in [-0.4, -0.2) is 0 Å². The van der Waals surface area contributed by atoms with Gasteiger partial charge in [-0.05, 0) is 116 Å². The Kier molecular flexibility index (Phi) is 8.39. The van der Waals surface area contributed by atoms with E-state index < -0.39 is 0 Å². The standard InChI is InChI=1S/C58H37NOS/c1-2-11-43-36-44(25-24-38(43)10-1)41-22-20-39(21-23-41)40-26-31-46(32-27-40)59(47-33-28-42(29-34-47)45-30-35-50-49-13-4-7-17-54(49)60-55(50)37-45)53-16-6-3-12-48(53)51-15-9-19-57-58(51)52-14-5-8-18-56(52)61-57/h1-37H. The fourth-order valence-electron chi connectivity index (χ4n) is 9.06. The van der Waals surface area contributed by atoms with Gasteiger partial charge in [0.25, 0.3) is 0 Å². The number of fused-ring (bicyclic) bond motifs is 7.